The van der Waals surface area contributed by atoms with Crippen molar-refractivity contribution in [2.45, 2.75) is 31.7 Å². The molecule has 0 atom stereocenters. The molecule has 1 fully saturated rings. The van der Waals surface area contributed by atoms with Gasteiger partial charge in [-0.3, -0.25) is 9.89 Å². The summed E-state index contributed by atoms with van der Waals surface area (Å²) in [6.45, 7) is 2.58. The van der Waals surface area contributed by atoms with Gasteiger partial charge in [0, 0.05) is 37.5 Å². The van der Waals surface area contributed by atoms with E-state index in [2.05, 4.69) is 20.2 Å². The lowest BCUT2D eigenvalue weighted by molar-refractivity contribution is 0.0720. The summed E-state index contributed by atoms with van der Waals surface area (Å²) in [6, 6.07) is 3.60. The van der Waals surface area contributed by atoms with Crippen molar-refractivity contribution in [3.63, 3.8) is 0 Å². The summed E-state index contributed by atoms with van der Waals surface area (Å²) in [5.41, 5.74) is 1.91. The van der Waals surface area contributed by atoms with Crippen LogP contribution in [0.3, 0.4) is 0 Å². The second kappa shape index (κ2) is 6.21. The zero-order valence-corrected chi connectivity index (χ0v) is 14.3. The normalized spacial score (nSPS) is 18.2. The van der Waals surface area contributed by atoms with Gasteiger partial charge in [-0.15, -0.1) is 0 Å². The zero-order valence-electron chi connectivity index (χ0n) is 14.3. The van der Waals surface area contributed by atoms with Crippen molar-refractivity contribution < 1.29 is 13.9 Å². The molecule has 0 aliphatic carbocycles. The van der Waals surface area contributed by atoms with E-state index in [0.29, 0.717) is 36.8 Å². The first-order valence-electron chi connectivity index (χ1n) is 8.93. The Labute approximate surface area is 149 Å². The third-order valence-corrected chi connectivity index (χ3v) is 5.12. The Morgan fingerprint density at radius 2 is 2.12 bits per heavy atom. The smallest absolute Gasteiger partial charge is 0.272 e. The molecule has 134 valence electrons. The van der Waals surface area contributed by atoms with Crippen LogP contribution in [0.5, 0.6) is 0 Å². The Morgan fingerprint density at radius 3 is 3.00 bits per heavy atom. The predicted octanol–water partition coefficient (Wildman–Crippen LogP) is 2.04. The molecule has 3 aromatic rings. The van der Waals surface area contributed by atoms with E-state index in [1.165, 1.54) is 0 Å². The maximum atomic E-state index is 12.8. The number of pyridine rings is 1. The van der Waals surface area contributed by atoms with Crippen LogP contribution in [0.4, 0.5) is 0 Å². The lowest BCUT2D eigenvalue weighted by Crippen LogP contribution is -2.36. The third-order valence-electron chi connectivity index (χ3n) is 5.12. The first-order valence-corrected chi connectivity index (χ1v) is 8.93. The minimum Gasteiger partial charge on any atom is -0.445 e. The van der Waals surface area contributed by atoms with Crippen LogP contribution in [0, 0.1) is 0 Å². The van der Waals surface area contributed by atoms with Crippen molar-refractivity contribution in [3.8, 4) is 0 Å². The van der Waals surface area contributed by atoms with E-state index in [9.17, 15) is 4.79 Å². The third kappa shape index (κ3) is 2.66. The number of nitrogens with one attached hydrogen (secondary N) is 1. The maximum Gasteiger partial charge on any atom is 0.272 e. The number of carbonyl (C=O) groups excluding carboxylic acids is 1. The molecule has 1 N–H and O–H groups in total. The lowest BCUT2D eigenvalue weighted by Gasteiger charge is -2.24. The van der Waals surface area contributed by atoms with Crippen LogP contribution in [0.1, 0.15) is 46.6 Å². The molecular weight excluding hydrogens is 334 g/mol. The Hall–Kier alpha value is -2.74. The summed E-state index contributed by atoms with van der Waals surface area (Å²) in [5, 5.41) is 7.64. The van der Waals surface area contributed by atoms with Crippen LogP contribution >= 0.6 is 0 Å². The van der Waals surface area contributed by atoms with Crippen LogP contribution in [0.25, 0.3) is 11.0 Å². The van der Waals surface area contributed by atoms with Gasteiger partial charge < -0.3 is 14.1 Å². The fraction of sp³-hybridized carbons (Fsp3) is 0.444. The average Bonchev–Trinajstić information content (AvgIpc) is 3.33. The zero-order chi connectivity index (χ0) is 17.5. The first-order chi connectivity index (χ1) is 12.8. The van der Waals surface area contributed by atoms with E-state index >= 15 is 0 Å². The highest BCUT2D eigenvalue weighted by molar-refractivity contribution is 5.94. The molecule has 0 radical (unpaired) electrons. The van der Waals surface area contributed by atoms with Gasteiger partial charge in [-0.1, -0.05) is 0 Å². The topological polar surface area (TPSA) is 97.1 Å². The van der Waals surface area contributed by atoms with E-state index in [4.69, 9.17) is 9.15 Å². The Kier molecular flexibility index (Phi) is 3.70. The van der Waals surface area contributed by atoms with Crippen LogP contribution in [0.15, 0.2) is 22.7 Å². The number of hydrogen-bond donors (Lipinski definition) is 1. The molecule has 0 aromatic carbocycles. The Bertz CT molecular complexity index is 957. The molecule has 8 nitrogen and oxygen atoms in total. The standard InChI is InChI=1S/C18H19N5O3/c24-18(13-2-1-12-9-19-22-16(12)20-13)23-6-3-15-14(10-23)21-17(26-15)11-4-7-25-8-5-11/h1-2,9,11H,3-8,10H2,(H,19,20,22). The molecule has 2 aliphatic rings. The average molecular weight is 353 g/mol. The number of hydrogen-bond acceptors (Lipinski definition) is 6. The highest BCUT2D eigenvalue weighted by Gasteiger charge is 2.29. The molecular formula is C18H19N5O3. The number of aromatic nitrogens is 4. The molecule has 3 aromatic heterocycles. The van der Waals surface area contributed by atoms with E-state index in [1.54, 1.807) is 17.2 Å². The number of aromatic amines is 1. The van der Waals surface area contributed by atoms with Crippen molar-refractivity contribution in [3.05, 3.63) is 41.4 Å². The van der Waals surface area contributed by atoms with Crippen molar-refractivity contribution >= 4 is 16.9 Å². The van der Waals surface area contributed by atoms with Crippen molar-refractivity contribution in [1.82, 2.24) is 25.1 Å². The van der Waals surface area contributed by atoms with Gasteiger partial charge in [0.15, 0.2) is 11.5 Å². The molecule has 5 heterocycles. The SMILES string of the molecule is O=C(c1ccc2cn[nH]c2n1)N1CCc2oc(C3CCOCC3)nc2C1. The van der Waals surface area contributed by atoms with Gasteiger partial charge in [-0.2, -0.15) is 5.10 Å². The van der Waals surface area contributed by atoms with Crippen molar-refractivity contribution in [1.29, 1.82) is 0 Å². The highest BCUT2D eigenvalue weighted by atomic mass is 16.5. The molecule has 5 rings (SSSR count). The van der Waals surface area contributed by atoms with Gasteiger partial charge in [0.2, 0.25) is 0 Å². The molecule has 2 aliphatic heterocycles. The molecule has 0 saturated carbocycles. The molecule has 1 saturated heterocycles. The second-order valence-electron chi connectivity index (χ2n) is 6.79. The molecule has 26 heavy (non-hydrogen) atoms. The molecule has 1 amide bonds. The number of amides is 1. The monoisotopic (exact) mass is 353 g/mol. The summed E-state index contributed by atoms with van der Waals surface area (Å²) in [7, 11) is 0. The maximum absolute atomic E-state index is 12.8. The quantitative estimate of drug-likeness (QED) is 0.757. The molecule has 0 unspecified atom stereocenters. The number of carbonyl (C=O) groups is 1. The number of ether oxygens (including phenoxy) is 1. The van der Waals surface area contributed by atoms with Gasteiger partial charge in [-0.25, -0.2) is 9.97 Å². The minimum atomic E-state index is -0.0947. The van der Waals surface area contributed by atoms with Crippen LogP contribution in [-0.4, -0.2) is 50.7 Å². The predicted molar refractivity (Wildman–Crippen MR) is 91.6 cm³/mol. The van der Waals surface area contributed by atoms with Gasteiger partial charge in [0.05, 0.1) is 12.7 Å². The van der Waals surface area contributed by atoms with Gasteiger partial charge in [0.25, 0.3) is 5.91 Å². The molecule has 0 spiro atoms. The fourth-order valence-electron chi connectivity index (χ4n) is 3.62. The second-order valence-corrected chi connectivity index (χ2v) is 6.79. The fourth-order valence-corrected chi connectivity index (χ4v) is 3.62. The number of fused-ring (bicyclic) bond motifs is 2. The number of oxazole rings is 1. The number of nitrogens with zero attached hydrogens (tertiary/aromatic N) is 4. The first kappa shape index (κ1) is 15.5. The summed E-state index contributed by atoms with van der Waals surface area (Å²) < 4.78 is 11.4. The Morgan fingerprint density at radius 1 is 1.23 bits per heavy atom. The van der Waals surface area contributed by atoms with E-state index < -0.39 is 0 Å². The largest absolute Gasteiger partial charge is 0.445 e. The van der Waals surface area contributed by atoms with E-state index in [1.807, 2.05) is 6.07 Å². The lowest BCUT2D eigenvalue weighted by atomic mass is 10.0. The number of H-pyrrole nitrogens is 1. The van der Waals surface area contributed by atoms with Crippen LogP contribution in [-0.2, 0) is 17.7 Å². The summed E-state index contributed by atoms with van der Waals surface area (Å²) in [4.78, 5) is 23.7. The highest BCUT2D eigenvalue weighted by Crippen LogP contribution is 2.30. The minimum absolute atomic E-state index is 0.0947. The van der Waals surface area contributed by atoms with Crippen LogP contribution in [0.2, 0.25) is 0 Å². The summed E-state index contributed by atoms with van der Waals surface area (Å²) >= 11 is 0. The molecule has 0 bridgehead atoms. The van der Waals surface area contributed by atoms with Gasteiger partial charge in [0.1, 0.15) is 17.1 Å². The Balaban J connectivity index is 1.36. The van der Waals surface area contributed by atoms with Gasteiger partial charge >= 0.3 is 0 Å². The van der Waals surface area contributed by atoms with E-state index in [0.717, 1.165) is 48.8 Å². The summed E-state index contributed by atoms with van der Waals surface area (Å²) in [6.07, 6.45) is 4.26. The van der Waals surface area contributed by atoms with E-state index in [-0.39, 0.29) is 5.91 Å². The number of rotatable bonds is 2. The van der Waals surface area contributed by atoms with Gasteiger partial charge in [-0.05, 0) is 25.0 Å². The summed E-state index contributed by atoms with van der Waals surface area (Å²) in [5.74, 6) is 1.93. The van der Waals surface area contributed by atoms with Crippen molar-refractivity contribution in [2.24, 2.45) is 0 Å². The van der Waals surface area contributed by atoms with Crippen LogP contribution < -0.4 is 0 Å². The van der Waals surface area contributed by atoms with Crippen molar-refractivity contribution in [2.75, 3.05) is 19.8 Å². The molecule has 8 heteroatoms.